The Hall–Kier alpha value is -1.92. The van der Waals surface area contributed by atoms with E-state index in [-0.39, 0.29) is 5.91 Å². The molecule has 2 heterocycles. The van der Waals surface area contributed by atoms with E-state index in [1.54, 1.807) is 5.51 Å². The van der Waals surface area contributed by atoms with Crippen LogP contribution in [0.4, 0.5) is 5.69 Å². The number of carbonyl (C=O) groups is 1. The van der Waals surface area contributed by atoms with Crippen molar-refractivity contribution in [3.63, 3.8) is 0 Å². The van der Waals surface area contributed by atoms with Gasteiger partial charge in [0.25, 0.3) is 5.91 Å². The Morgan fingerprint density at radius 3 is 2.62 bits per heavy atom. The molecule has 1 saturated heterocycles. The molecule has 0 atom stereocenters. The van der Waals surface area contributed by atoms with Crippen LogP contribution in [-0.4, -0.2) is 35.7 Å². The molecule has 6 heteroatoms. The Kier molecular flexibility index (Phi) is 5.48. The summed E-state index contributed by atoms with van der Waals surface area (Å²) in [7, 11) is 0. The summed E-state index contributed by atoms with van der Waals surface area (Å²) >= 11 is 1.37. The Bertz CT molecular complexity index is 676. The fourth-order valence-electron chi connectivity index (χ4n) is 2.98. The zero-order valence-corrected chi connectivity index (χ0v) is 14.7. The lowest BCUT2D eigenvalue weighted by Gasteiger charge is -2.33. The smallest absolute Gasteiger partial charge is 0.263 e. The second kappa shape index (κ2) is 7.77. The van der Waals surface area contributed by atoms with Gasteiger partial charge in [0.05, 0.1) is 11.2 Å². The fourth-order valence-corrected chi connectivity index (χ4v) is 3.70. The molecule has 0 unspecified atom stereocenters. The minimum absolute atomic E-state index is 0.0647. The van der Waals surface area contributed by atoms with Crippen molar-refractivity contribution in [3.8, 4) is 0 Å². The molecule has 5 nitrogen and oxygen atoms in total. The fraction of sp³-hybridized carbons (Fsp3) is 0.444. The first-order valence-corrected chi connectivity index (χ1v) is 9.18. The van der Waals surface area contributed by atoms with E-state index < -0.39 is 0 Å². The number of thiazole rings is 1. The van der Waals surface area contributed by atoms with Crippen molar-refractivity contribution < 1.29 is 9.90 Å². The summed E-state index contributed by atoms with van der Waals surface area (Å²) in [5.74, 6) is 0.385. The first kappa shape index (κ1) is 16.9. The summed E-state index contributed by atoms with van der Waals surface area (Å²) in [5.41, 5.74) is 4.76. The van der Waals surface area contributed by atoms with Crippen LogP contribution in [0.5, 0.6) is 0 Å². The molecule has 0 saturated carbocycles. The van der Waals surface area contributed by atoms with Crippen LogP contribution in [0.1, 0.15) is 33.8 Å². The van der Waals surface area contributed by atoms with Gasteiger partial charge in [0.2, 0.25) is 0 Å². The van der Waals surface area contributed by atoms with Gasteiger partial charge in [-0.05, 0) is 43.4 Å². The van der Waals surface area contributed by atoms with E-state index in [1.165, 1.54) is 17.0 Å². The maximum Gasteiger partial charge on any atom is 0.263 e. The highest BCUT2D eigenvalue weighted by molar-refractivity contribution is 7.11. The molecule has 2 aromatic rings. The molecule has 1 aliphatic rings. The highest BCUT2D eigenvalue weighted by atomic mass is 32.1. The van der Waals surface area contributed by atoms with E-state index in [0.29, 0.717) is 23.9 Å². The molecule has 128 valence electrons. The molecule has 0 aliphatic carbocycles. The molecule has 1 aromatic carbocycles. The number of nitrogens with zero attached hydrogens (tertiary/aromatic N) is 2. The normalized spacial score (nSPS) is 15.5. The number of aliphatic hydroxyl groups is 1. The van der Waals surface area contributed by atoms with Crippen molar-refractivity contribution >= 4 is 22.9 Å². The third kappa shape index (κ3) is 3.94. The van der Waals surface area contributed by atoms with Crippen molar-refractivity contribution in [2.45, 2.75) is 26.3 Å². The molecule has 1 aromatic heterocycles. The number of aromatic nitrogens is 1. The highest BCUT2D eigenvalue weighted by Crippen LogP contribution is 2.23. The van der Waals surface area contributed by atoms with Crippen LogP contribution in [0.15, 0.2) is 29.8 Å². The summed E-state index contributed by atoms with van der Waals surface area (Å²) < 4.78 is 0. The zero-order valence-electron chi connectivity index (χ0n) is 13.9. The molecule has 0 bridgehead atoms. The average molecular weight is 345 g/mol. The lowest BCUT2D eigenvalue weighted by Crippen LogP contribution is -2.34. The van der Waals surface area contributed by atoms with Crippen LogP contribution < -0.4 is 10.2 Å². The number of aryl methyl sites for hydroxylation is 1. The number of piperidine rings is 1. The SMILES string of the molecule is Cc1ncsc1C(=O)NCc1ccc(N2CCC(CO)CC2)cc1. The number of hydrogen-bond acceptors (Lipinski definition) is 5. The summed E-state index contributed by atoms with van der Waals surface area (Å²) in [6.07, 6.45) is 2.09. The summed E-state index contributed by atoms with van der Waals surface area (Å²) in [5, 5.41) is 12.2. The van der Waals surface area contributed by atoms with E-state index in [1.807, 2.05) is 6.92 Å². The molecule has 0 spiro atoms. The molecule has 1 amide bonds. The van der Waals surface area contributed by atoms with Gasteiger partial charge in [-0.15, -0.1) is 11.3 Å². The summed E-state index contributed by atoms with van der Waals surface area (Å²) in [6.45, 7) is 4.65. The molecular formula is C18H23N3O2S. The lowest BCUT2D eigenvalue weighted by atomic mass is 9.97. The van der Waals surface area contributed by atoms with E-state index in [0.717, 1.165) is 37.2 Å². The Balaban J connectivity index is 1.53. The average Bonchev–Trinajstić information content (AvgIpc) is 3.06. The zero-order chi connectivity index (χ0) is 16.9. The third-order valence-electron chi connectivity index (χ3n) is 4.58. The topological polar surface area (TPSA) is 65.5 Å². The van der Waals surface area contributed by atoms with E-state index in [2.05, 4.69) is 39.5 Å². The van der Waals surface area contributed by atoms with Gasteiger partial charge in [0.1, 0.15) is 4.88 Å². The maximum absolute atomic E-state index is 12.1. The molecule has 1 fully saturated rings. The van der Waals surface area contributed by atoms with Crippen molar-refractivity contribution in [3.05, 3.63) is 45.9 Å². The van der Waals surface area contributed by atoms with Gasteiger partial charge >= 0.3 is 0 Å². The number of amides is 1. The number of aliphatic hydroxyl groups excluding tert-OH is 1. The van der Waals surface area contributed by atoms with Crippen LogP contribution in [0.3, 0.4) is 0 Å². The van der Waals surface area contributed by atoms with Crippen LogP contribution in [-0.2, 0) is 6.54 Å². The van der Waals surface area contributed by atoms with Gasteiger partial charge in [-0.3, -0.25) is 4.79 Å². The van der Waals surface area contributed by atoms with Gasteiger partial charge in [0.15, 0.2) is 0 Å². The highest BCUT2D eigenvalue weighted by Gasteiger charge is 2.18. The minimum Gasteiger partial charge on any atom is -0.396 e. The van der Waals surface area contributed by atoms with Crippen LogP contribution in [0.25, 0.3) is 0 Å². The Morgan fingerprint density at radius 1 is 1.33 bits per heavy atom. The maximum atomic E-state index is 12.1. The number of hydrogen-bond donors (Lipinski definition) is 2. The van der Waals surface area contributed by atoms with Gasteiger partial charge in [0, 0.05) is 31.9 Å². The van der Waals surface area contributed by atoms with Crippen molar-refractivity contribution in [1.29, 1.82) is 0 Å². The van der Waals surface area contributed by atoms with Crippen molar-refractivity contribution in [2.75, 3.05) is 24.6 Å². The largest absolute Gasteiger partial charge is 0.396 e. The minimum atomic E-state index is -0.0647. The molecule has 2 N–H and O–H groups in total. The van der Waals surface area contributed by atoms with Crippen LogP contribution >= 0.6 is 11.3 Å². The molecule has 1 aliphatic heterocycles. The number of benzene rings is 1. The Labute approximate surface area is 146 Å². The monoisotopic (exact) mass is 345 g/mol. The summed E-state index contributed by atoms with van der Waals surface area (Å²) in [6, 6.07) is 8.35. The van der Waals surface area contributed by atoms with Crippen LogP contribution in [0.2, 0.25) is 0 Å². The van der Waals surface area contributed by atoms with Gasteiger partial charge in [-0.2, -0.15) is 0 Å². The quantitative estimate of drug-likeness (QED) is 0.874. The summed E-state index contributed by atoms with van der Waals surface area (Å²) in [4.78, 5) is 19.2. The standard InChI is InChI=1S/C18H23N3O2S/c1-13-17(24-12-20-13)18(23)19-10-14-2-4-16(5-3-14)21-8-6-15(11-22)7-9-21/h2-5,12,15,22H,6-11H2,1H3,(H,19,23). The second-order valence-electron chi connectivity index (χ2n) is 6.23. The predicted octanol–water partition coefficient (Wildman–Crippen LogP) is 2.59. The number of anilines is 1. The van der Waals surface area contributed by atoms with Gasteiger partial charge in [-0.25, -0.2) is 4.98 Å². The molecular weight excluding hydrogens is 322 g/mol. The van der Waals surface area contributed by atoms with Crippen LogP contribution in [0, 0.1) is 12.8 Å². The van der Waals surface area contributed by atoms with Gasteiger partial charge in [-0.1, -0.05) is 12.1 Å². The Morgan fingerprint density at radius 2 is 2.04 bits per heavy atom. The predicted molar refractivity (Wildman–Crippen MR) is 96.5 cm³/mol. The van der Waals surface area contributed by atoms with Crippen molar-refractivity contribution in [2.24, 2.45) is 5.92 Å². The second-order valence-corrected chi connectivity index (χ2v) is 7.08. The number of carbonyl (C=O) groups excluding carboxylic acids is 1. The first-order valence-electron chi connectivity index (χ1n) is 8.30. The van der Waals surface area contributed by atoms with E-state index in [4.69, 9.17) is 0 Å². The number of nitrogens with one attached hydrogen (secondary N) is 1. The van der Waals surface area contributed by atoms with Gasteiger partial charge < -0.3 is 15.3 Å². The lowest BCUT2D eigenvalue weighted by molar-refractivity contribution is 0.0954. The van der Waals surface area contributed by atoms with E-state index in [9.17, 15) is 9.90 Å². The van der Waals surface area contributed by atoms with Crippen molar-refractivity contribution in [1.82, 2.24) is 10.3 Å². The first-order chi connectivity index (χ1) is 11.7. The molecule has 24 heavy (non-hydrogen) atoms. The van der Waals surface area contributed by atoms with E-state index >= 15 is 0 Å². The third-order valence-corrected chi connectivity index (χ3v) is 5.51. The molecule has 3 rings (SSSR count). The number of rotatable bonds is 5. The molecule has 0 radical (unpaired) electrons.